The van der Waals surface area contributed by atoms with Crippen LogP contribution in [0.5, 0.6) is 5.75 Å². The predicted octanol–water partition coefficient (Wildman–Crippen LogP) is 4.69. The summed E-state index contributed by atoms with van der Waals surface area (Å²) in [5.74, 6) is 3.41. The number of rotatable bonds is 3. The number of hydrogen-bond acceptors (Lipinski definition) is 4. The van der Waals surface area contributed by atoms with Crippen molar-refractivity contribution in [3.63, 3.8) is 0 Å². The van der Waals surface area contributed by atoms with E-state index >= 15 is 0 Å². The Balaban J connectivity index is 1.45. The summed E-state index contributed by atoms with van der Waals surface area (Å²) in [6, 6.07) is 5.83. The summed E-state index contributed by atoms with van der Waals surface area (Å²) >= 11 is 0. The van der Waals surface area contributed by atoms with Gasteiger partial charge in [-0.1, -0.05) is 17.7 Å². The number of nitrogens with zero attached hydrogens (tertiary/aromatic N) is 1. The molecule has 5 atom stereocenters. The number of phenols is 1. The first-order valence-corrected chi connectivity index (χ1v) is 11.6. The lowest BCUT2D eigenvalue weighted by molar-refractivity contribution is -0.132. The van der Waals surface area contributed by atoms with Gasteiger partial charge in [-0.05, 0) is 79.9 Å². The van der Waals surface area contributed by atoms with Gasteiger partial charge in [-0.2, -0.15) is 0 Å². The Morgan fingerprint density at radius 3 is 2.73 bits per heavy atom. The number of fused-ring (bicyclic) bond motifs is 5. The van der Waals surface area contributed by atoms with Crippen LogP contribution in [0.25, 0.3) is 0 Å². The Morgan fingerprint density at radius 2 is 1.93 bits per heavy atom. The average Bonchev–Trinajstić information content (AvgIpc) is 3.05. The third-order valence-corrected chi connectivity index (χ3v) is 8.76. The maximum atomic E-state index is 13.3. The fourth-order valence-corrected chi connectivity index (χ4v) is 7.41. The summed E-state index contributed by atoms with van der Waals surface area (Å²) in [7, 11) is 3.87. The number of allylic oxidation sites excluding steroid dienone is 2. The van der Waals surface area contributed by atoms with Crippen molar-refractivity contribution in [3.8, 4) is 5.75 Å². The van der Waals surface area contributed by atoms with E-state index in [-0.39, 0.29) is 11.2 Å². The van der Waals surface area contributed by atoms with Crippen LogP contribution in [-0.2, 0) is 16.0 Å². The van der Waals surface area contributed by atoms with Crippen LogP contribution in [0.3, 0.4) is 0 Å². The van der Waals surface area contributed by atoms with Crippen molar-refractivity contribution in [3.05, 3.63) is 35.4 Å². The zero-order chi connectivity index (χ0) is 21.0. The molecule has 5 rings (SSSR count). The molecule has 0 heterocycles. The van der Waals surface area contributed by atoms with Crippen molar-refractivity contribution in [2.24, 2.45) is 29.1 Å². The molecule has 0 bridgehead atoms. The molecule has 0 unspecified atom stereocenters. The van der Waals surface area contributed by atoms with Gasteiger partial charge < -0.3 is 10.0 Å². The van der Waals surface area contributed by atoms with Gasteiger partial charge >= 0.3 is 0 Å². The molecule has 0 saturated heterocycles. The number of anilines is 1. The molecule has 4 nitrogen and oxygen atoms in total. The van der Waals surface area contributed by atoms with Crippen LogP contribution in [0.2, 0.25) is 0 Å². The summed E-state index contributed by atoms with van der Waals surface area (Å²) < 4.78 is 0. The molecule has 0 aliphatic heterocycles. The second-order valence-corrected chi connectivity index (χ2v) is 10.4. The third kappa shape index (κ3) is 3.02. The second kappa shape index (κ2) is 7.25. The van der Waals surface area contributed by atoms with Crippen molar-refractivity contribution in [1.82, 2.24) is 0 Å². The first-order valence-electron chi connectivity index (χ1n) is 11.6. The van der Waals surface area contributed by atoms with E-state index in [2.05, 4.69) is 12.1 Å². The molecule has 30 heavy (non-hydrogen) atoms. The highest BCUT2D eigenvalue weighted by Crippen LogP contribution is 2.61. The topological polar surface area (TPSA) is 57.6 Å². The number of Topliss-reactive ketones (excluding diaryl/α,β-unsaturated/α-hetero) is 2. The third-order valence-electron chi connectivity index (χ3n) is 8.76. The molecule has 0 radical (unpaired) electrons. The predicted molar refractivity (Wildman–Crippen MR) is 118 cm³/mol. The van der Waals surface area contributed by atoms with Crippen LogP contribution in [0, 0.1) is 29.1 Å². The Morgan fingerprint density at radius 1 is 1.10 bits per heavy atom. The Hall–Kier alpha value is -2.10. The van der Waals surface area contributed by atoms with E-state index in [0.717, 1.165) is 56.2 Å². The largest absolute Gasteiger partial charge is 0.506 e. The van der Waals surface area contributed by atoms with Gasteiger partial charge in [0, 0.05) is 38.8 Å². The normalized spacial score (nSPS) is 35.3. The fourth-order valence-electron chi connectivity index (χ4n) is 7.41. The second-order valence-electron chi connectivity index (χ2n) is 10.4. The van der Waals surface area contributed by atoms with Gasteiger partial charge in [0.05, 0.1) is 5.69 Å². The standard InChI is InChI=1S/C26H33NO3/c1-27(2)23-13-16(3-9-24(23)29)15-26-12-11-20-19-7-5-18(28)14-17(19)4-6-21(20)22(26)8-10-25(26)30/h3-4,9,13,19-22,29H,5-8,10-12,14-15H2,1-2H3/t19-,20+,21+,22-,26+/m0/s1. The van der Waals surface area contributed by atoms with Crippen molar-refractivity contribution in [2.75, 3.05) is 19.0 Å². The van der Waals surface area contributed by atoms with Gasteiger partial charge in [-0.3, -0.25) is 9.59 Å². The van der Waals surface area contributed by atoms with Crippen molar-refractivity contribution < 1.29 is 14.7 Å². The lowest BCUT2D eigenvalue weighted by Gasteiger charge is -2.52. The number of carbonyl (C=O) groups is 2. The molecule has 3 saturated carbocycles. The minimum atomic E-state index is -0.239. The number of phenolic OH excluding ortho intramolecular Hbond substituents is 1. The van der Waals surface area contributed by atoms with Crippen molar-refractivity contribution >= 4 is 17.3 Å². The fraction of sp³-hybridized carbons (Fsp3) is 0.615. The molecule has 4 heteroatoms. The van der Waals surface area contributed by atoms with Crippen LogP contribution < -0.4 is 4.90 Å². The van der Waals surface area contributed by atoms with Crippen molar-refractivity contribution in [1.29, 1.82) is 0 Å². The van der Waals surface area contributed by atoms with E-state index in [1.54, 1.807) is 6.07 Å². The van der Waals surface area contributed by atoms with E-state index in [1.807, 2.05) is 25.1 Å². The SMILES string of the molecule is CN(C)c1cc(C[C@]23CC[C@H]4[C@@H](CC=C5CC(=O)CC[C@@H]54)[C@@H]2CCC3=O)ccc1O. The Bertz CT molecular complexity index is 917. The number of carbonyl (C=O) groups excluding carboxylic acids is 2. The number of hydrogen-bond donors (Lipinski definition) is 1. The molecule has 0 aromatic heterocycles. The molecule has 160 valence electrons. The van der Waals surface area contributed by atoms with Crippen LogP contribution in [0.15, 0.2) is 29.8 Å². The molecule has 1 aromatic rings. The molecule has 1 N–H and O–H groups in total. The average molecular weight is 408 g/mol. The first-order chi connectivity index (χ1) is 14.4. The summed E-state index contributed by atoms with van der Waals surface area (Å²) in [5, 5.41) is 10.2. The van der Waals surface area contributed by atoms with E-state index < -0.39 is 0 Å². The number of ketones is 2. The monoisotopic (exact) mass is 407 g/mol. The molecule has 3 fully saturated rings. The molecule has 4 aliphatic rings. The highest BCUT2D eigenvalue weighted by Gasteiger charge is 2.58. The highest BCUT2D eigenvalue weighted by atomic mass is 16.3. The Kier molecular flexibility index (Phi) is 4.79. The summed E-state index contributed by atoms with van der Waals surface area (Å²) in [6.07, 6.45) is 10.5. The van der Waals surface area contributed by atoms with Gasteiger partial charge in [0.25, 0.3) is 0 Å². The quantitative estimate of drug-likeness (QED) is 0.739. The zero-order valence-corrected chi connectivity index (χ0v) is 18.2. The van der Waals surface area contributed by atoms with Gasteiger partial charge in [0.2, 0.25) is 0 Å². The lowest BCUT2D eigenvalue weighted by atomic mass is 9.51. The molecule has 0 spiro atoms. The highest BCUT2D eigenvalue weighted by molar-refractivity contribution is 5.88. The van der Waals surface area contributed by atoms with E-state index in [1.165, 1.54) is 5.57 Å². The maximum absolute atomic E-state index is 13.3. The van der Waals surface area contributed by atoms with Gasteiger partial charge in [0.15, 0.2) is 0 Å². The zero-order valence-electron chi connectivity index (χ0n) is 18.2. The van der Waals surface area contributed by atoms with Crippen LogP contribution in [-0.4, -0.2) is 30.8 Å². The smallest absolute Gasteiger partial charge is 0.139 e. The number of aromatic hydroxyl groups is 1. The van der Waals surface area contributed by atoms with Crippen LogP contribution >= 0.6 is 0 Å². The van der Waals surface area contributed by atoms with Crippen molar-refractivity contribution in [2.45, 2.75) is 57.8 Å². The minimum absolute atomic E-state index is 0.239. The summed E-state index contributed by atoms with van der Waals surface area (Å²) in [4.78, 5) is 27.2. The van der Waals surface area contributed by atoms with E-state index in [9.17, 15) is 14.7 Å². The van der Waals surface area contributed by atoms with Gasteiger partial charge in [0.1, 0.15) is 17.3 Å². The first kappa shape index (κ1) is 19.8. The van der Waals surface area contributed by atoms with E-state index in [0.29, 0.717) is 48.1 Å². The lowest BCUT2D eigenvalue weighted by Crippen LogP contribution is -2.48. The summed E-state index contributed by atoms with van der Waals surface area (Å²) in [5.41, 5.74) is 3.14. The van der Waals surface area contributed by atoms with E-state index in [4.69, 9.17) is 0 Å². The molecular formula is C26H33NO3. The summed E-state index contributed by atoms with van der Waals surface area (Å²) in [6.45, 7) is 0. The Labute approximate surface area is 179 Å². The van der Waals surface area contributed by atoms with Gasteiger partial charge in [-0.15, -0.1) is 0 Å². The maximum Gasteiger partial charge on any atom is 0.139 e. The molecule has 0 amide bonds. The van der Waals surface area contributed by atoms with Crippen LogP contribution in [0.4, 0.5) is 5.69 Å². The van der Waals surface area contributed by atoms with Gasteiger partial charge in [-0.25, -0.2) is 0 Å². The molecule has 1 aromatic carbocycles. The molecular weight excluding hydrogens is 374 g/mol. The van der Waals surface area contributed by atoms with Crippen LogP contribution in [0.1, 0.15) is 56.9 Å². The minimum Gasteiger partial charge on any atom is -0.506 e. The number of benzene rings is 1. The molecule has 4 aliphatic carbocycles.